The molecule has 8 rings (SSSR count). The minimum absolute atomic E-state index is 0.394. The van der Waals surface area contributed by atoms with Gasteiger partial charge in [-0.15, -0.1) is 0 Å². The molecule has 0 saturated heterocycles. The predicted octanol–water partition coefficient (Wildman–Crippen LogP) is 9.65. The van der Waals surface area contributed by atoms with Crippen molar-refractivity contribution in [2.24, 2.45) is 5.10 Å². The summed E-state index contributed by atoms with van der Waals surface area (Å²) >= 11 is 0. The Kier molecular flexibility index (Phi) is 6.54. The van der Waals surface area contributed by atoms with Crippen LogP contribution in [0.15, 0.2) is 151 Å². The van der Waals surface area contributed by atoms with Gasteiger partial charge in [0, 0.05) is 22.1 Å². The molecule has 0 atom stereocenters. The Balaban J connectivity index is 1.20. The molecule has 0 amide bonds. The van der Waals surface area contributed by atoms with E-state index in [0.717, 1.165) is 66.4 Å². The van der Waals surface area contributed by atoms with Gasteiger partial charge in [0.2, 0.25) is 0 Å². The Morgan fingerprint density at radius 2 is 1.27 bits per heavy atom. The minimum Gasteiger partial charge on any atom is -0.298 e. The first kappa shape index (κ1) is 26.4. The van der Waals surface area contributed by atoms with Crippen molar-refractivity contribution in [2.45, 2.75) is 0 Å². The van der Waals surface area contributed by atoms with E-state index in [4.69, 9.17) is 15.4 Å². The number of nitrogens with zero attached hydrogens (tertiary/aromatic N) is 3. The molecule has 1 aliphatic carbocycles. The van der Waals surface area contributed by atoms with Gasteiger partial charge in [0.1, 0.15) is 5.71 Å². The molecule has 45 heavy (non-hydrogen) atoms. The molecule has 0 saturated carbocycles. The lowest BCUT2D eigenvalue weighted by Crippen LogP contribution is -2.18. The molecule has 0 spiro atoms. The number of hydrazone groups is 1. The average molecular weight is 578 g/mol. The molecular weight excluding hydrogens is 550 g/mol. The highest BCUT2D eigenvalue weighted by Gasteiger charge is 2.20. The van der Waals surface area contributed by atoms with Gasteiger partial charge in [0.05, 0.1) is 22.6 Å². The van der Waals surface area contributed by atoms with Crippen LogP contribution in [-0.4, -0.2) is 21.4 Å². The minimum atomic E-state index is 0.394. The maximum atomic E-state index is 9.12. The van der Waals surface area contributed by atoms with Crippen LogP contribution in [0.4, 0.5) is 5.69 Å². The molecule has 5 heteroatoms. The Bertz CT molecular complexity index is 2300. The second-order valence-electron chi connectivity index (χ2n) is 11.0. The summed E-state index contributed by atoms with van der Waals surface area (Å²) in [6, 6.07) is 47.2. The molecule has 0 bridgehead atoms. The number of aromatic nitrogens is 2. The van der Waals surface area contributed by atoms with Gasteiger partial charge in [-0.05, 0) is 63.9 Å². The summed E-state index contributed by atoms with van der Waals surface area (Å²) < 4.78 is 0. The van der Waals surface area contributed by atoms with Crippen molar-refractivity contribution in [1.82, 2.24) is 9.97 Å². The lowest BCUT2D eigenvalue weighted by atomic mass is 9.88. The van der Waals surface area contributed by atoms with E-state index in [2.05, 4.69) is 83.3 Å². The smallest absolute Gasteiger partial charge is 0.160 e. The summed E-state index contributed by atoms with van der Waals surface area (Å²) in [5.41, 5.74) is 12.8. The van der Waals surface area contributed by atoms with Crippen LogP contribution < -0.4 is 5.43 Å². The normalized spacial score (nSPS) is 13.3. The molecule has 1 aliphatic rings. The third-order valence-electron chi connectivity index (χ3n) is 8.16. The number of benzene rings is 6. The van der Waals surface area contributed by atoms with Crippen molar-refractivity contribution in [3.05, 3.63) is 157 Å². The number of anilines is 1. The van der Waals surface area contributed by atoms with Crippen LogP contribution in [0.5, 0.6) is 0 Å². The number of allylic oxidation sites excluding steroid dienone is 1. The van der Waals surface area contributed by atoms with Gasteiger partial charge < -0.3 is 0 Å². The molecule has 0 radical (unpaired) electrons. The zero-order valence-electron chi connectivity index (χ0n) is 24.3. The van der Waals surface area contributed by atoms with Gasteiger partial charge in [-0.3, -0.25) is 10.8 Å². The number of fused-ring (bicyclic) bond motifs is 4. The quantitative estimate of drug-likeness (QED) is 0.200. The van der Waals surface area contributed by atoms with Crippen molar-refractivity contribution in [2.75, 3.05) is 5.43 Å². The van der Waals surface area contributed by atoms with Crippen LogP contribution in [0.25, 0.3) is 61.5 Å². The number of nitrogens with one attached hydrogen (secondary N) is 2. The molecule has 1 aromatic heterocycles. The average Bonchev–Trinajstić information content (AvgIpc) is 3.11. The van der Waals surface area contributed by atoms with E-state index in [1.807, 2.05) is 78.9 Å². The zero-order valence-corrected chi connectivity index (χ0v) is 24.3. The number of hydrogen-bond acceptors (Lipinski definition) is 5. The maximum Gasteiger partial charge on any atom is 0.160 e. The maximum absolute atomic E-state index is 9.12. The lowest BCUT2D eigenvalue weighted by Gasteiger charge is -2.17. The summed E-state index contributed by atoms with van der Waals surface area (Å²) in [6.07, 6.45) is 3.93. The van der Waals surface area contributed by atoms with E-state index in [0.29, 0.717) is 17.2 Å². The molecule has 2 N–H and O–H groups in total. The molecule has 0 unspecified atom stereocenters. The fraction of sp³-hybridized carbons (Fsp3) is 0. The third kappa shape index (κ3) is 4.96. The molecule has 212 valence electrons. The SMILES string of the molecule is N=C1/C(=N\Nc2ccccc2)C=Cc2ccc3ccc(-c4cccc(-c5nc(-c6ccccc6)c6ccccc6n5)c4)cc3c21. The second kappa shape index (κ2) is 11.1. The highest BCUT2D eigenvalue weighted by Crippen LogP contribution is 2.34. The topological polar surface area (TPSA) is 74.0 Å². The van der Waals surface area contributed by atoms with E-state index in [1.165, 1.54) is 0 Å². The van der Waals surface area contributed by atoms with Crippen molar-refractivity contribution in [3.8, 4) is 33.8 Å². The Hall–Kier alpha value is -6.20. The van der Waals surface area contributed by atoms with E-state index >= 15 is 0 Å². The number of rotatable bonds is 5. The van der Waals surface area contributed by atoms with Crippen LogP contribution in [0.2, 0.25) is 0 Å². The van der Waals surface area contributed by atoms with Crippen LogP contribution >= 0.6 is 0 Å². The van der Waals surface area contributed by atoms with Crippen molar-refractivity contribution < 1.29 is 0 Å². The number of hydrogen-bond donors (Lipinski definition) is 2. The first-order chi connectivity index (χ1) is 22.2. The van der Waals surface area contributed by atoms with Gasteiger partial charge >= 0.3 is 0 Å². The molecule has 5 nitrogen and oxygen atoms in total. The van der Waals surface area contributed by atoms with Crippen molar-refractivity contribution >= 4 is 44.9 Å². The fourth-order valence-corrected chi connectivity index (χ4v) is 5.90. The molecule has 0 aliphatic heterocycles. The predicted molar refractivity (Wildman–Crippen MR) is 187 cm³/mol. The van der Waals surface area contributed by atoms with Crippen LogP contribution in [0, 0.1) is 5.41 Å². The fourth-order valence-electron chi connectivity index (χ4n) is 5.90. The van der Waals surface area contributed by atoms with Crippen LogP contribution in [0.1, 0.15) is 11.1 Å². The Labute approximate surface area is 260 Å². The number of para-hydroxylation sites is 2. The van der Waals surface area contributed by atoms with E-state index < -0.39 is 0 Å². The van der Waals surface area contributed by atoms with Gasteiger partial charge in [-0.2, -0.15) is 5.10 Å². The van der Waals surface area contributed by atoms with Gasteiger partial charge in [-0.25, -0.2) is 9.97 Å². The third-order valence-corrected chi connectivity index (χ3v) is 8.16. The first-order valence-corrected chi connectivity index (χ1v) is 14.9. The van der Waals surface area contributed by atoms with Gasteiger partial charge in [-0.1, -0.05) is 115 Å². The first-order valence-electron chi connectivity index (χ1n) is 14.9. The molecular formula is C40H27N5. The van der Waals surface area contributed by atoms with E-state index in [9.17, 15) is 0 Å². The summed E-state index contributed by atoms with van der Waals surface area (Å²) in [5.74, 6) is 0.686. The Morgan fingerprint density at radius 3 is 2.13 bits per heavy atom. The largest absolute Gasteiger partial charge is 0.298 e. The van der Waals surface area contributed by atoms with E-state index in [1.54, 1.807) is 0 Å². The standard InChI is InChI=1S/C40H27N5/c41-38-36(45-44-32-14-5-2-6-15-32)23-22-27-20-18-26-19-21-30(25-34(26)37(27)38)29-12-9-13-31(24-29)40-42-35-17-8-7-16-33(35)39(43-40)28-10-3-1-4-11-28/h1-25,41,44H/b41-38?,45-36-. The van der Waals surface area contributed by atoms with Gasteiger partial charge in [0.25, 0.3) is 0 Å². The summed E-state index contributed by atoms with van der Waals surface area (Å²) in [6.45, 7) is 0. The highest BCUT2D eigenvalue weighted by atomic mass is 15.3. The molecule has 6 aromatic carbocycles. The van der Waals surface area contributed by atoms with Crippen LogP contribution in [0.3, 0.4) is 0 Å². The second-order valence-corrected chi connectivity index (χ2v) is 11.0. The lowest BCUT2D eigenvalue weighted by molar-refractivity contribution is 1.23. The highest BCUT2D eigenvalue weighted by molar-refractivity contribution is 6.55. The van der Waals surface area contributed by atoms with Crippen LogP contribution in [-0.2, 0) is 0 Å². The van der Waals surface area contributed by atoms with E-state index in [-0.39, 0.29) is 0 Å². The summed E-state index contributed by atoms with van der Waals surface area (Å²) in [7, 11) is 0. The molecule has 7 aromatic rings. The van der Waals surface area contributed by atoms with Crippen molar-refractivity contribution in [1.29, 1.82) is 5.41 Å². The van der Waals surface area contributed by atoms with Gasteiger partial charge in [0.15, 0.2) is 5.82 Å². The summed E-state index contributed by atoms with van der Waals surface area (Å²) in [4.78, 5) is 10.0. The van der Waals surface area contributed by atoms with Crippen molar-refractivity contribution in [3.63, 3.8) is 0 Å². The molecule has 1 heterocycles. The molecule has 0 fully saturated rings. The Morgan fingerprint density at radius 1 is 0.556 bits per heavy atom. The zero-order chi connectivity index (χ0) is 30.2. The summed E-state index contributed by atoms with van der Waals surface area (Å²) in [5, 5.41) is 16.8. The monoisotopic (exact) mass is 577 g/mol.